The molecule has 3 nitrogen and oxygen atoms in total. The molecule has 2 aromatic carbocycles. The maximum absolute atomic E-state index is 4.52. The van der Waals surface area contributed by atoms with Crippen molar-refractivity contribution in [3.63, 3.8) is 0 Å². The van der Waals surface area contributed by atoms with E-state index in [0.29, 0.717) is 0 Å². The molecule has 1 aliphatic rings. The van der Waals surface area contributed by atoms with E-state index >= 15 is 0 Å². The minimum atomic E-state index is 0.928. The fourth-order valence-electron chi connectivity index (χ4n) is 2.92. The molecule has 0 N–H and O–H groups in total. The van der Waals surface area contributed by atoms with Crippen LogP contribution in [0.4, 0.5) is 5.82 Å². The predicted molar refractivity (Wildman–Crippen MR) is 80.7 cm³/mol. The van der Waals surface area contributed by atoms with Gasteiger partial charge in [0.15, 0.2) is 0 Å². The predicted octanol–water partition coefficient (Wildman–Crippen LogP) is 3.19. The van der Waals surface area contributed by atoms with Crippen LogP contribution in [0, 0.1) is 0 Å². The summed E-state index contributed by atoms with van der Waals surface area (Å²) in [5, 5.41) is 1.13. The third kappa shape index (κ3) is 1.83. The Bertz CT molecular complexity index is 762. The van der Waals surface area contributed by atoms with Gasteiger partial charge in [0.25, 0.3) is 0 Å². The summed E-state index contributed by atoms with van der Waals surface area (Å²) < 4.78 is 0. The molecule has 0 saturated carbocycles. The molecule has 2 heterocycles. The highest BCUT2D eigenvalue weighted by molar-refractivity contribution is 5.89. The fraction of sp³-hybridized carbons (Fsp3) is 0.176. The smallest absolute Gasteiger partial charge is 0.140 e. The summed E-state index contributed by atoms with van der Waals surface area (Å²) in [5.41, 5.74) is 3.87. The number of para-hydroxylation sites is 1. The van der Waals surface area contributed by atoms with E-state index in [-0.39, 0.29) is 0 Å². The van der Waals surface area contributed by atoms with Gasteiger partial charge in [-0.2, -0.15) is 0 Å². The molecule has 1 aliphatic heterocycles. The largest absolute Gasteiger partial charge is 0.351 e. The highest BCUT2D eigenvalue weighted by Gasteiger charge is 2.18. The number of benzene rings is 2. The lowest BCUT2D eigenvalue weighted by Gasteiger charge is -2.30. The lowest BCUT2D eigenvalue weighted by molar-refractivity contribution is 0.723. The standard InChI is InChI=1S/C17H15N3/c1-2-6-14-11-20(10-9-13(14)5-1)17-15-7-3-4-8-16(15)18-12-19-17/h1-8,12H,9-11H2. The third-order valence-electron chi connectivity index (χ3n) is 3.95. The second kappa shape index (κ2) is 4.60. The first kappa shape index (κ1) is 11.4. The average Bonchev–Trinajstić information content (AvgIpc) is 2.54. The Balaban J connectivity index is 1.78. The molecule has 0 amide bonds. The maximum Gasteiger partial charge on any atom is 0.140 e. The molecular weight excluding hydrogens is 246 g/mol. The first-order valence-electron chi connectivity index (χ1n) is 6.93. The van der Waals surface area contributed by atoms with Crippen LogP contribution in [0.2, 0.25) is 0 Å². The van der Waals surface area contributed by atoms with Gasteiger partial charge in [-0.15, -0.1) is 0 Å². The SMILES string of the molecule is c1ccc2c(c1)CCN(c1ncnc3ccccc13)C2. The van der Waals surface area contributed by atoms with E-state index < -0.39 is 0 Å². The van der Waals surface area contributed by atoms with Crippen LogP contribution in [0.3, 0.4) is 0 Å². The number of anilines is 1. The Morgan fingerprint density at radius 2 is 1.65 bits per heavy atom. The van der Waals surface area contributed by atoms with Gasteiger partial charge in [0, 0.05) is 18.5 Å². The molecule has 0 unspecified atom stereocenters. The fourth-order valence-corrected chi connectivity index (χ4v) is 2.92. The highest BCUT2D eigenvalue weighted by atomic mass is 15.2. The Morgan fingerprint density at radius 3 is 2.60 bits per heavy atom. The van der Waals surface area contributed by atoms with E-state index in [9.17, 15) is 0 Å². The zero-order valence-corrected chi connectivity index (χ0v) is 11.2. The van der Waals surface area contributed by atoms with Gasteiger partial charge >= 0.3 is 0 Å². The van der Waals surface area contributed by atoms with Crippen molar-refractivity contribution in [1.29, 1.82) is 0 Å². The van der Waals surface area contributed by atoms with Crippen LogP contribution < -0.4 is 4.90 Å². The monoisotopic (exact) mass is 261 g/mol. The molecule has 0 aliphatic carbocycles. The highest BCUT2D eigenvalue weighted by Crippen LogP contribution is 2.27. The van der Waals surface area contributed by atoms with Crippen molar-refractivity contribution >= 4 is 16.7 Å². The van der Waals surface area contributed by atoms with E-state index in [1.807, 2.05) is 18.2 Å². The molecule has 4 rings (SSSR count). The first-order valence-corrected chi connectivity index (χ1v) is 6.93. The van der Waals surface area contributed by atoms with Crippen molar-refractivity contribution in [2.24, 2.45) is 0 Å². The number of hydrogen-bond acceptors (Lipinski definition) is 3. The number of hydrogen-bond donors (Lipinski definition) is 0. The van der Waals surface area contributed by atoms with Crippen molar-refractivity contribution in [3.8, 4) is 0 Å². The van der Waals surface area contributed by atoms with Crippen molar-refractivity contribution in [3.05, 3.63) is 66.0 Å². The Hall–Kier alpha value is -2.42. The number of fused-ring (bicyclic) bond motifs is 2. The lowest BCUT2D eigenvalue weighted by atomic mass is 10.00. The summed E-state index contributed by atoms with van der Waals surface area (Å²) >= 11 is 0. The van der Waals surface area contributed by atoms with Gasteiger partial charge in [-0.25, -0.2) is 9.97 Å². The molecule has 98 valence electrons. The van der Waals surface area contributed by atoms with Crippen LogP contribution in [0.15, 0.2) is 54.9 Å². The van der Waals surface area contributed by atoms with Crippen molar-refractivity contribution in [2.45, 2.75) is 13.0 Å². The second-order valence-electron chi connectivity index (χ2n) is 5.15. The minimum absolute atomic E-state index is 0.928. The quantitative estimate of drug-likeness (QED) is 0.673. The molecule has 3 heteroatoms. The van der Waals surface area contributed by atoms with E-state index in [1.54, 1.807) is 6.33 Å². The van der Waals surface area contributed by atoms with Gasteiger partial charge < -0.3 is 4.90 Å². The summed E-state index contributed by atoms with van der Waals surface area (Å²) in [4.78, 5) is 11.2. The Labute approximate surface area is 117 Å². The van der Waals surface area contributed by atoms with Crippen LogP contribution in [-0.4, -0.2) is 16.5 Å². The third-order valence-corrected chi connectivity index (χ3v) is 3.95. The van der Waals surface area contributed by atoms with E-state index in [2.05, 4.69) is 45.2 Å². The molecule has 20 heavy (non-hydrogen) atoms. The molecule has 3 aromatic rings. The van der Waals surface area contributed by atoms with Crippen molar-refractivity contribution in [1.82, 2.24) is 9.97 Å². The second-order valence-corrected chi connectivity index (χ2v) is 5.15. The van der Waals surface area contributed by atoms with Crippen LogP contribution in [0.5, 0.6) is 0 Å². The van der Waals surface area contributed by atoms with E-state index in [4.69, 9.17) is 0 Å². The van der Waals surface area contributed by atoms with Gasteiger partial charge in [-0.05, 0) is 29.7 Å². The zero-order valence-electron chi connectivity index (χ0n) is 11.2. The summed E-state index contributed by atoms with van der Waals surface area (Å²) in [6, 6.07) is 16.9. The molecule has 0 radical (unpaired) electrons. The Kier molecular flexibility index (Phi) is 2.62. The topological polar surface area (TPSA) is 29.0 Å². The molecular formula is C17H15N3. The first-order chi connectivity index (χ1) is 9.92. The lowest BCUT2D eigenvalue weighted by Crippen LogP contribution is -2.31. The summed E-state index contributed by atoms with van der Waals surface area (Å²) in [5.74, 6) is 1.05. The number of nitrogens with zero attached hydrogens (tertiary/aromatic N) is 3. The average molecular weight is 261 g/mol. The number of rotatable bonds is 1. The summed E-state index contributed by atoms with van der Waals surface area (Å²) in [6.07, 6.45) is 2.74. The molecule has 1 aromatic heterocycles. The van der Waals surface area contributed by atoms with Gasteiger partial charge in [-0.1, -0.05) is 36.4 Å². The van der Waals surface area contributed by atoms with E-state index in [0.717, 1.165) is 36.2 Å². The molecule has 0 fully saturated rings. The van der Waals surface area contributed by atoms with Gasteiger partial charge in [0.1, 0.15) is 12.1 Å². The maximum atomic E-state index is 4.52. The van der Waals surface area contributed by atoms with Gasteiger partial charge in [0.05, 0.1) is 5.52 Å². The molecule has 0 spiro atoms. The normalized spacial score (nSPS) is 14.3. The van der Waals surface area contributed by atoms with Crippen molar-refractivity contribution < 1.29 is 0 Å². The summed E-state index contributed by atoms with van der Waals surface area (Å²) in [6.45, 7) is 1.94. The van der Waals surface area contributed by atoms with Crippen molar-refractivity contribution in [2.75, 3.05) is 11.4 Å². The van der Waals surface area contributed by atoms with Gasteiger partial charge in [-0.3, -0.25) is 0 Å². The molecule has 0 bridgehead atoms. The molecule has 0 atom stereocenters. The van der Waals surface area contributed by atoms with Crippen LogP contribution in [0.25, 0.3) is 10.9 Å². The zero-order chi connectivity index (χ0) is 13.4. The number of aromatic nitrogens is 2. The minimum Gasteiger partial charge on any atom is -0.351 e. The molecule has 0 saturated heterocycles. The van der Waals surface area contributed by atoms with Crippen LogP contribution >= 0.6 is 0 Å². The summed E-state index contributed by atoms with van der Waals surface area (Å²) in [7, 11) is 0. The Morgan fingerprint density at radius 1 is 0.850 bits per heavy atom. The van der Waals surface area contributed by atoms with Crippen LogP contribution in [0.1, 0.15) is 11.1 Å². The van der Waals surface area contributed by atoms with Gasteiger partial charge in [0.2, 0.25) is 0 Å². The van der Waals surface area contributed by atoms with E-state index in [1.165, 1.54) is 11.1 Å². The van der Waals surface area contributed by atoms with Crippen LogP contribution in [-0.2, 0) is 13.0 Å².